The molecule has 0 unspecified atom stereocenters. The molecular weight excluding hydrogens is 320 g/mol. The molecule has 0 fully saturated rings. The molecule has 2 aromatic heterocycles. The van der Waals surface area contributed by atoms with Crippen LogP contribution in [-0.4, -0.2) is 19.7 Å². The third-order valence-corrected chi connectivity index (χ3v) is 4.48. The van der Waals surface area contributed by atoms with E-state index >= 15 is 0 Å². The second kappa shape index (κ2) is 6.01. The lowest BCUT2D eigenvalue weighted by molar-refractivity contribution is 1.06. The Hall–Kier alpha value is -3.66. The second-order valence-electron chi connectivity index (χ2n) is 6.15. The Kier molecular flexibility index (Phi) is 3.39. The van der Waals surface area contributed by atoms with Crippen LogP contribution in [0.2, 0.25) is 0 Å². The van der Waals surface area contributed by atoms with Crippen molar-refractivity contribution in [2.45, 2.75) is 0 Å². The van der Waals surface area contributed by atoms with Gasteiger partial charge in [0.05, 0.1) is 5.69 Å². The molecule has 4 nitrogen and oxygen atoms in total. The van der Waals surface area contributed by atoms with Crippen LogP contribution in [0, 0.1) is 0 Å². The molecular formula is C22H16N4. The number of hydrogen-bond donors (Lipinski definition) is 1. The zero-order valence-corrected chi connectivity index (χ0v) is 14.0. The monoisotopic (exact) mass is 336 g/mol. The lowest BCUT2D eigenvalue weighted by Crippen LogP contribution is -2.00. The summed E-state index contributed by atoms with van der Waals surface area (Å²) in [7, 11) is 0. The molecule has 2 heterocycles. The van der Waals surface area contributed by atoms with Crippen molar-refractivity contribution < 1.29 is 0 Å². The SMILES string of the molecule is c1ccc(-c2nnc(-c3cc4ccccc4[nH]3)n2-c2ccccc2)cc1. The fourth-order valence-corrected chi connectivity index (χ4v) is 3.25. The first-order valence-corrected chi connectivity index (χ1v) is 8.54. The molecule has 3 aromatic carbocycles. The van der Waals surface area contributed by atoms with Crippen LogP contribution in [0.5, 0.6) is 0 Å². The predicted octanol–water partition coefficient (Wildman–Crippen LogP) is 5.08. The minimum absolute atomic E-state index is 0.797. The topological polar surface area (TPSA) is 46.5 Å². The lowest BCUT2D eigenvalue weighted by Gasteiger charge is -2.09. The van der Waals surface area contributed by atoms with Crippen molar-refractivity contribution in [1.82, 2.24) is 19.7 Å². The number of H-pyrrole nitrogens is 1. The lowest BCUT2D eigenvalue weighted by atomic mass is 10.2. The summed E-state index contributed by atoms with van der Waals surface area (Å²) in [5.41, 5.74) is 4.10. The van der Waals surface area contributed by atoms with E-state index in [-0.39, 0.29) is 0 Å². The number of rotatable bonds is 3. The first-order chi connectivity index (χ1) is 12.9. The van der Waals surface area contributed by atoms with Crippen LogP contribution in [0.3, 0.4) is 0 Å². The zero-order chi connectivity index (χ0) is 17.3. The molecule has 5 rings (SSSR count). The molecule has 0 radical (unpaired) electrons. The highest BCUT2D eigenvalue weighted by Crippen LogP contribution is 2.29. The summed E-state index contributed by atoms with van der Waals surface area (Å²) < 4.78 is 2.10. The van der Waals surface area contributed by atoms with Gasteiger partial charge in [0.1, 0.15) is 0 Å². The van der Waals surface area contributed by atoms with Gasteiger partial charge in [0.15, 0.2) is 11.6 Å². The van der Waals surface area contributed by atoms with Crippen molar-refractivity contribution in [3.8, 4) is 28.6 Å². The van der Waals surface area contributed by atoms with Gasteiger partial charge in [0, 0.05) is 22.2 Å². The van der Waals surface area contributed by atoms with Gasteiger partial charge in [-0.05, 0) is 24.3 Å². The van der Waals surface area contributed by atoms with Crippen molar-refractivity contribution in [3.05, 3.63) is 91.0 Å². The molecule has 0 amide bonds. The average Bonchev–Trinajstić information content (AvgIpc) is 3.33. The summed E-state index contributed by atoms with van der Waals surface area (Å²) in [5, 5.41) is 10.2. The van der Waals surface area contributed by atoms with Gasteiger partial charge < -0.3 is 4.98 Å². The predicted molar refractivity (Wildman–Crippen MR) is 104 cm³/mol. The van der Waals surface area contributed by atoms with E-state index in [2.05, 4.69) is 62.2 Å². The number of benzene rings is 3. The normalized spacial score (nSPS) is 11.1. The van der Waals surface area contributed by atoms with Gasteiger partial charge in [-0.2, -0.15) is 0 Å². The van der Waals surface area contributed by atoms with E-state index in [4.69, 9.17) is 0 Å². The molecule has 0 saturated heterocycles. The van der Waals surface area contributed by atoms with Crippen molar-refractivity contribution >= 4 is 10.9 Å². The van der Waals surface area contributed by atoms with E-state index in [9.17, 15) is 0 Å². The number of nitrogens with zero attached hydrogens (tertiary/aromatic N) is 3. The van der Waals surface area contributed by atoms with Crippen molar-refractivity contribution in [2.75, 3.05) is 0 Å². The Morgan fingerprint density at radius 2 is 1.31 bits per heavy atom. The van der Waals surface area contributed by atoms with Crippen molar-refractivity contribution in [1.29, 1.82) is 0 Å². The van der Waals surface area contributed by atoms with E-state index in [1.807, 2.05) is 48.5 Å². The molecule has 0 atom stereocenters. The fourth-order valence-electron chi connectivity index (χ4n) is 3.25. The van der Waals surface area contributed by atoms with Gasteiger partial charge in [0.25, 0.3) is 0 Å². The smallest absolute Gasteiger partial charge is 0.185 e. The maximum atomic E-state index is 4.52. The van der Waals surface area contributed by atoms with Gasteiger partial charge in [-0.1, -0.05) is 66.7 Å². The molecule has 26 heavy (non-hydrogen) atoms. The molecule has 1 N–H and O–H groups in total. The van der Waals surface area contributed by atoms with E-state index in [0.717, 1.165) is 39.5 Å². The summed E-state index contributed by atoms with van der Waals surface area (Å²) >= 11 is 0. The molecule has 124 valence electrons. The highest BCUT2D eigenvalue weighted by atomic mass is 15.3. The van der Waals surface area contributed by atoms with E-state index < -0.39 is 0 Å². The molecule has 0 aliphatic rings. The molecule has 0 aliphatic heterocycles. The second-order valence-corrected chi connectivity index (χ2v) is 6.15. The molecule has 0 aliphatic carbocycles. The first kappa shape index (κ1) is 14.7. The van der Waals surface area contributed by atoms with Gasteiger partial charge >= 0.3 is 0 Å². The van der Waals surface area contributed by atoms with Gasteiger partial charge in [0.2, 0.25) is 0 Å². The van der Waals surface area contributed by atoms with E-state index in [1.165, 1.54) is 0 Å². The summed E-state index contributed by atoms with van der Waals surface area (Å²) in [5.74, 6) is 1.62. The van der Waals surface area contributed by atoms with Crippen LogP contribution >= 0.6 is 0 Å². The quantitative estimate of drug-likeness (QED) is 0.499. The number of hydrogen-bond acceptors (Lipinski definition) is 2. The zero-order valence-electron chi connectivity index (χ0n) is 14.0. The van der Waals surface area contributed by atoms with Crippen LogP contribution in [0.25, 0.3) is 39.5 Å². The molecule has 5 aromatic rings. The number of aromatic amines is 1. The highest BCUT2D eigenvalue weighted by Gasteiger charge is 2.18. The Morgan fingerprint density at radius 3 is 2.08 bits per heavy atom. The van der Waals surface area contributed by atoms with Crippen LogP contribution in [0.4, 0.5) is 0 Å². The fraction of sp³-hybridized carbons (Fsp3) is 0. The minimum atomic E-state index is 0.797. The van der Waals surface area contributed by atoms with Gasteiger partial charge in [-0.25, -0.2) is 0 Å². The summed E-state index contributed by atoms with van der Waals surface area (Å²) in [4.78, 5) is 3.46. The summed E-state index contributed by atoms with van der Waals surface area (Å²) in [6, 6.07) is 30.7. The molecule has 0 bridgehead atoms. The average molecular weight is 336 g/mol. The standard InChI is InChI=1S/C22H16N4/c1-3-9-16(10-4-1)21-24-25-22(26(21)18-12-5-2-6-13-18)20-15-17-11-7-8-14-19(17)23-20/h1-15,23H. The van der Waals surface area contributed by atoms with E-state index in [0.29, 0.717) is 0 Å². The number of fused-ring (bicyclic) bond motifs is 1. The third-order valence-electron chi connectivity index (χ3n) is 4.48. The van der Waals surface area contributed by atoms with Crippen LogP contribution in [-0.2, 0) is 0 Å². The summed E-state index contributed by atoms with van der Waals surface area (Å²) in [6.07, 6.45) is 0. The number of aromatic nitrogens is 4. The Balaban J connectivity index is 1.77. The maximum absolute atomic E-state index is 4.52. The Labute approximate surface area is 150 Å². The van der Waals surface area contributed by atoms with E-state index in [1.54, 1.807) is 0 Å². The van der Waals surface area contributed by atoms with Crippen molar-refractivity contribution in [2.24, 2.45) is 0 Å². The Bertz CT molecular complexity index is 1140. The number of nitrogens with one attached hydrogen (secondary N) is 1. The molecule has 0 spiro atoms. The van der Waals surface area contributed by atoms with Gasteiger partial charge in [-0.3, -0.25) is 4.57 Å². The molecule has 4 heteroatoms. The highest BCUT2D eigenvalue weighted by molar-refractivity contribution is 5.85. The van der Waals surface area contributed by atoms with Gasteiger partial charge in [-0.15, -0.1) is 10.2 Å². The minimum Gasteiger partial charge on any atom is -0.352 e. The van der Waals surface area contributed by atoms with Crippen LogP contribution in [0.15, 0.2) is 91.0 Å². The molecule has 0 saturated carbocycles. The summed E-state index contributed by atoms with van der Waals surface area (Å²) in [6.45, 7) is 0. The Morgan fingerprint density at radius 1 is 0.654 bits per heavy atom. The van der Waals surface area contributed by atoms with Crippen LogP contribution in [0.1, 0.15) is 0 Å². The largest absolute Gasteiger partial charge is 0.352 e. The first-order valence-electron chi connectivity index (χ1n) is 8.54. The number of para-hydroxylation sites is 2. The maximum Gasteiger partial charge on any atom is 0.185 e. The van der Waals surface area contributed by atoms with Crippen molar-refractivity contribution in [3.63, 3.8) is 0 Å². The van der Waals surface area contributed by atoms with Crippen LogP contribution < -0.4 is 0 Å². The third kappa shape index (κ3) is 2.40.